The van der Waals surface area contributed by atoms with Crippen molar-refractivity contribution in [1.82, 2.24) is 0 Å². The molecular weight excluding hydrogens is 448 g/mol. The van der Waals surface area contributed by atoms with Crippen molar-refractivity contribution in [2.45, 2.75) is 24.7 Å². The highest BCUT2D eigenvalue weighted by Gasteiger charge is 2.28. The lowest BCUT2D eigenvalue weighted by molar-refractivity contribution is -0.114. The molecule has 0 heterocycles. The lowest BCUT2D eigenvalue weighted by atomic mass is 10.0. The van der Waals surface area contributed by atoms with Gasteiger partial charge in [0.05, 0.1) is 22.7 Å². The Morgan fingerprint density at radius 2 is 1.69 bits per heavy atom. The van der Waals surface area contributed by atoms with E-state index in [-0.39, 0.29) is 21.5 Å². The number of para-hydroxylation sites is 1. The molecule has 6 nitrogen and oxygen atoms in total. The summed E-state index contributed by atoms with van der Waals surface area (Å²) in [6.07, 6.45) is 0. The van der Waals surface area contributed by atoms with Crippen LogP contribution in [0.1, 0.15) is 25.3 Å². The molecule has 0 spiro atoms. The molecule has 32 heavy (non-hydrogen) atoms. The number of hydrogen-bond donors (Lipinski definition) is 1. The number of anilines is 2. The Labute approximate surface area is 193 Å². The van der Waals surface area contributed by atoms with Crippen LogP contribution in [0.4, 0.5) is 11.4 Å². The van der Waals surface area contributed by atoms with E-state index in [4.69, 9.17) is 16.3 Å². The van der Waals surface area contributed by atoms with Gasteiger partial charge in [0.15, 0.2) is 0 Å². The number of nitrogens with zero attached hydrogens (tertiary/aromatic N) is 1. The molecule has 3 rings (SSSR count). The normalized spacial score (nSPS) is 11.3. The first kappa shape index (κ1) is 23.6. The number of methoxy groups -OCH3 is 1. The van der Waals surface area contributed by atoms with E-state index < -0.39 is 22.5 Å². The topological polar surface area (TPSA) is 75.7 Å². The van der Waals surface area contributed by atoms with Crippen molar-refractivity contribution >= 4 is 38.9 Å². The summed E-state index contributed by atoms with van der Waals surface area (Å²) in [7, 11) is -2.56. The Hall–Kier alpha value is -3.03. The van der Waals surface area contributed by atoms with Gasteiger partial charge >= 0.3 is 0 Å². The molecule has 0 aliphatic carbocycles. The first-order chi connectivity index (χ1) is 15.2. The number of amides is 1. The molecule has 8 heteroatoms. The van der Waals surface area contributed by atoms with Crippen LogP contribution in [0.25, 0.3) is 0 Å². The van der Waals surface area contributed by atoms with Crippen molar-refractivity contribution in [2.24, 2.45) is 0 Å². The van der Waals surface area contributed by atoms with E-state index in [1.54, 1.807) is 36.4 Å². The fraction of sp³-hybridized carbons (Fsp3) is 0.208. The van der Waals surface area contributed by atoms with Crippen molar-refractivity contribution in [3.8, 4) is 5.75 Å². The van der Waals surface area contributed by atoms with Gasteiger partial charge in [0.1, 0.15) is 12.3 Å². The molecule has 0 radical (unpaired) electrons. The maximum Gasteiger partial charge on any atom is 0.264 e. The summed E-state index contributed by atoms with van der Waals surface area (Å²) in [5, 5.41) is 3.09. The summed E-state index contributed by atoms with van der Waals surface area (Å²) in [6.45, 7) is 3.62. The molecule has 0 saturated carbocycles. The Morgan fingerprint density at radius 1 is 1.03 bits per heavy atom. The summed E-state index contributed by atoms with van der Waals surface area (Å²) < 4.78 is 33.1. The number of benzene rings is 3. The first-order valence-electron chi connectivity index (χ1n) is 10.0. The second kappa shape index (κ2) is 10.1. The van der Waals surface area contributed by atoms with Crippen LogP contribution in [0.3, 0.4) is 0 Å². The van der Waals surface area contributed by atoms with Gasteiger partial charge in [-0.15, -0.1) is 0 Å². The molecule has 0 unspecified atom stereocenters. The predicted molar refractivity (Wildman–Crippen MR) is 128 cm³/mol. The summed E-state index contributed by atoms with van der Waals surface area (Å²) in [5.74, 6) is 0.128. The van der Waals surface area contributed by atoms with Crippen LogP contribution in [0.15, 0.2) is 77.7 Å². The van der Waals surface area contributed by atoms with Gasteiger partial charge in [0.25, 0.3) is 10.0 Å². The monoisotopic (exact) mass is 472 g/mol. The highest BCUT2D eigenvalue weighted by Crippen LogP contribution is 2.32. The number of ether oxygens (including phenoxy) is 1. The maximum atomic E-state index is 13.4. The molecule has 3 aromatic carbocycles. The van der Waals surface area contributed by atoms with Crippen molar-refractivity contribution < 1.29 is 17.9 Å². The Kier molecular flexibility index (Phi) is 7.43. The third kappa shape index (κ3) is 5.23. The van der Waals surface area contributed by atoms with Crippen LogP contribution >= 0.6 is 11.6 Å². The van der Waals surface area contributed by atoms with Crippen molar-refractivity contribution in [2.75, 3.05) is 23.3 Å². The molecule has 0 bridgehead atoms. The van der Waals surface area contributed by atoms with E-state index in [1.165, 1.54) is 25.3 Å². The van der Waals surface area contributed by atoms with Crippen molar-refractivity contribution in [3.05, 3.63) is 83.4 Å². The van der Waals surface area contributed by atoms with E-state index in [9.17, 15) is 13.2 Å². The number of sulfonamides is 1. The van der Waals surface area contributed by atoms with Crippen LogP contribution in [0.2, 0.25) is 5.02 Å². The minimum absolute atomic E-state index is 0.0716. The van der Waals surface area contributed by atoms with Crippen molar-refractivity contribution in [3.63, 3.8) is 0 Å². The van der Waals surface area contributed by atoms with Crippen LogP contribution in [-0.4, -0.2) is 28.0 Å². The van der Waals surface area contributed by atoms with E-state index >= 15 is 0 Å². The Bertz CT molecular complexity index is 1200. The number of halogens is 1. The first-order valence-corrected chi connectivity index (χ1v) is 11.9. The number of carbonyl (C=O) groups is 1. The SMILES string of the molecule is COc1ccc(N(CC(=O)Nc2ccccc2C(C)C)S(=O)(=O)c2ccccc2)cc1Cl. The summed E-state index contributed by atoms with van der Waals surface area (Å²) in [5.41, 5.74) is 1.87. The number of nitrogens with one attached hydrogen (secondary N) is 1. The van der Waals surface area contributed by atoms with Gasteiger partial charge < -0.3 is 10.1 Å². The summed E-state index contributed by atoms with van der Waals surface area (Å²) in [4.78, 5) is 13.1. The van der Waals surface area contributed by atoms with Gasteiger partial charge in [0, 0.05) is 5.69 Å². The quantitative estimate of drug-likeness (QED) is 0.482. The molecule has 0 saturated heterocycles. The van der Waals surface area contributed by atoms with Crippen LogP contribution in [0.5, 0.6) is 5.75 Å². The van der Waals surface area contributed by atoms with Crippen molar-refractivity contribution in [1.29, 1.82) is 0 Å². The van der Waals surface area contributed by atoms with Crippen LogP contribution in [0, 0.1) is 0 Å². The lowest BCUT2D eigenvalue weighted by Crippen LogP contribution is -2.38. The minimum Gasteiger partial charge on any atom is -0.495 e. The fourth-order valence-electron chi connectivity index (χ4n) is 3.28. The third-order valence-electron chi connectivity index (χ3n) is 4.90. The van der Waals surface area contributed by atoms with E-state index in [2.05, 4.69) is 5.32 Å². The molecule has 0 aromatic heterocycles. The molecule has 1 amide bonds. The predicted octanol–water partition coefficient (Wildman–Crippen LogP) is 5.31. The van der Waals surface area contributed by atoms with Gasteiger partial charge in [-0.3, -0.25) is 9.10 Å². The molecule has 3 aromatic rings. The largest absolute Gasteiger partial charge is 0.495 e. The summed E-state index contributed by atoms with van der Waals surface area (Å²) in [6, 6.07) is 20.0. The molecule has 0 aliphatic heterocycles. The Balaban J connectivity index is 1.98. The molecule has 1 N–H and O–H groups in total. The number of rotatable bonds is 8. The average molecular weight is 473 g/mol. The van der Waals surface area contributed by atoms with E-state index in [1.807, 2.05) is 32.0 Å². The zero-order chi connectivity index (χ0) is 23.3. The zero-order valence-electron chi connectivity index (χ0n) is 18.1. The molecule has 0 fully saturated rings. The standard InChI is InChI=1S/C24H25ClN2O4S/c1-17(2)20-11-7-8-12-22(20)26-24(28)16-27(18-13-14-23(31-3)21(25)15-18)32(29,30)19-9-5-4-6-10-19/h4-15,17H,16H2,1-3H3,(H,26,28). The van der Waals surface area contributed by atoms with Gasteiger partial charge in [-0.1, -0.05) is 61.8 Å². The average Bonchev–Trinajstić information content (AvgIpc) is 2.78. The third-order valence-corrected chi connectivity index (χ3v) is 6.98. The molecule has 0 aliphatic rings. The second-order valence-corrected chi connectivity index (χ2v) is 9.70. The number of carbonyl (C=O) groups excluding carboxylic acids is 1. The highest BCUT2D eigenvalue weighted by molar-refractivity contribution is 7.92. The van der Waals surface area contributed by atoms with Gasteiger partial charge in [-0.25, -0.2) is 8.42 Å². The summed E-state index contributed by atoms with van der Waals surface area (Å²) >= 11 is 6.24. The molecule has 0 atom stereocenters. The smallest absolute Gasteiger partial charge is 0.264 e. The van der Waals surface area contributed by atoms with Gasteiger partial charge in [-0.05, 0) is 47.9 Å². The van der Waals surface area contributed by atoms with E-state index in [0.717, 1.165) is 9.87 Å². The maximum absolute atomic E-state index is 13.4. The molecular formula is C24H25ClN2O4S. The second-order valence-electron chi connectivity index (χ2n) is 7.43. The van der Waals surface area contributed by atoms with Crippen LogP contribution < -0.4 is 14.4 Å². The zero-order valence-corrected chi connectivity index (χ0v) is 19.7. The fourth-order valence-corrected chi connectivity index (χ4v) is 4.97. The minimum atomic E-state index is -4.03. The molecule has 168 valence electrons. The van der Waals surface area contributed by atoms with Gasteiger partial charge in [-0.2, -0.15) is 0 Å². The van der Waals surface area contributed by atoms with Gasteiger partial charge in [0.2, 0.25) is 5.91 Å². The van der Waals surface area contributed by atoms with E-state index in [0.29, 0.717) is 11.4 Å². The Morgan fingerprint density at radius 3 is 2.31 bits per heavy atom. The highest BCUT2D eigenvalue weighted by atomic mass is 35.5. The van der Waals surface area contributed by atoms with Crippen LogP contribution in [-0.2, 0) is 14.8 Å². The number of hydrogen-bond acceptors (Lipinski definition) is 4. The lowest BCUT2D eigenvalue weighted by Gasteiger charge is -2.25.